The van der Waals surface area contributed by atoms with Crippen LogP contribution in [0.25, 0.3) is 5.76 Å². The summed E-state index contributed by atoms with van der Waals surface area (Å²) in [6, 6.07) is 12.0. The number of aliphatic hydroxyl groups excluding tert-OH is 1. The van der Waals surface area contributed by atoms with Gasteiger partial charge in [-0.05, 0) is 37.5 Å². The van der Waals surface area contributed by atoms with Crippen LogP contribution in [0.15, 0.2) is 48.0 Å². The van der Waals surface area contributed by atoms with Crippen LogP contribution in [-0.2, 0) is 14.3 Å². The molecule has 1 atom stereocenters. The number of hydrogen-bond donors (Lipinski definition) is 1. The first kappa shape index (κ1) is 28.6. The average Bonchev–Trinajstić information content (AvgIpc) is 3.21. The van der Waals surface area contributed by atoms with Crippen molar-refractivity contribution in [2.75, 3.05) is 53.1 Å². The fourth-order valence-electron chi connectivity index (χ4n) is 5.12. The van der Waals surface area contributed by atoms with Gasteiger partial charge in [-0.15, -0.1) is 0 Å². The summed E-state index contributed by atoms with van der Waals surface area (Å²) in [7, 11) is 1.57. The summed E-state index contributed by atoms with van der Waals surface area (Å²) in [5, 5.41) is 11.3. The number of aryl methyl sites for hydroxylation is 1. The number of aliphatic hydroxyl groups is 1. The largest absolute Gasteiger partial charge is 0.507 e. The molecule has 1 unspecified atom stereocenters. The van der Waals surface area contributed by atoms with Gasteiger partial charge in [0.25, 0.3) is 11.7 Å². The van der Waals surface area contributed by atoms with E-state index in [-0.39, 0.29) is 11.3 Å². The summed E-state index contributed by atoms with van der Waals surface area (Å²) in [6.07, 6.45) is 3.83. The van der Waals surface area contributed by atoms with E-state index in [9.17, 15) is 14.7 Å². The van der Waals surface area contributed by atoms with Gasteiger partial charge in [-0.1, -0.05) is 55.7 Å². The first-order valence-corrected chi connectivity index (χ1v) is 13.9. The summed E-state index contributed by atoms with van der Waals surface area (Å²) in [6.45, 7) is 8.97. The lowest BCUT2D eigenvalue weighted by Gasteiger charge is -2.29. The molecular weight excluding hydrogens is 496 g/mol. The number of methoxy groups -OCH3 is 1. The number of carbonyl (C=O) groups is 2. The zero-order valence-electron chi connectivity index (χ0n) is 23.3. The highest BCUT2D eigenvalue weighted by molar-refractivity contribution is 6.46. The molecule has 1 N–H and O–H groups in total. The highest BCUT2D eigenvalue weighted by atomic mass is 16.5. The number of Topliss-reactive ketones (excluding diaryl/α,β-unsaturated/α-hetero) is 1. The van der Waals surface area contributed by atoms with Crippen molar-refractivity contribution >= 4 is 17.4 Å². The standard InChI is InChI=1S/C31H40N2O6/c1-4-5-6-18-39-25-13-12-24(21-26(25)37-3)28-27(29(34)23-10-8-22(2)9-11-23)30(35)31(36)33(28)15-7-14-32-16-19-38-20-17-32/h8-13,21,28,34H,4-7,14-20H2,1-3H3. The van der Waals surface area contributed by atoms with Crippen LogP contribution in [0.5, 0.6) is 11.5 Å². The minimum atomic E-state index is -0.737. The van der Waals surface area contributed by atoms with E-state index < -0.39 is 17.7 Å². The van der Waals surface area contributed by atoms with Crippen LogP contribution in [-0.4, -0.2) is 79.7 Å². The van der Waals surface area contributed by atoms with Crippen molar-refractivity contribution in [3.63, 3.8) is 0 Å². The van der Waals surface area contributed by atoms with Crippen LogP contribution in [0.4, 0.5) is 0 Å². The van der Waals surface area contributed by atoms with Crippen LogP contribution in [0.2, 0.25) is 0 Å². The van der Waals surface area contributed by atoms with Gasteiger partial charge in [-0.25, -0.2) is 0 Å². The molecule has 0 saturated carbocycles. The second-order valence-corrected chi connectivity index (χ2v) is 10.1. The summed E-state index contributed by atoms with van der Waals surface area (Å²) in [5.74, 6) is -0.316. The van der Waals surface area contributed by atoms with Crippen molar-refractivity contribution in [1.82, 2.24) is 9.80 Å². The van der Waals surface area contributed by atoms with E-state index in [1.54, 1.807) is 24.1 Å². The summed E-state index contributed by atoms with van der Waals surface area (Å²) in [4.78, 5) is 30.6. The molecule has 2 heterocycles. The molecule has 210 valence electrons. The molecule has 2 aliphatic heterocycles. The zero-order chi connectivity index (χ0) is 27.8. The monoisotopic (exact) mass is 536 g/mol. The van der Waals surface area contributed by atoms with E-state index in [0.717, 1.165) is 44.5 Å². The summed E-state index contributed by atoms with van der Waals surface area (Å²) < 4.78 is 17.0. The normalized spacial score (nSPS) is 19.5. The Balaban J connectivity index is 1.67. The second kappa shape index (κ2) is 13.6. The third-order valence-corrected chi connectivity index (χ3v) is 7.35. The average molecular weight is 537 g/mol. The Kier molecular flexibility index (Phi) is 10.0. The van der Waals surface area contributed by atoms with E-state index in [1.807, 2.05) is 37.3 Å². The predicted molar refractivity (Wildman–Crippen MR) is 150 cm³/mol. The topological polar surface area (TPSA) is 88.5 Å². The van der Waals surface area contributed by atoms with Crippen LogP contribution < -0.4 is 9.47 Å². The Morgan fingerprint density at radius 3 is 2.44 bits per heavy atom. The summed E-state index contributed by atoms with van der Waals surface area (Å²) in [5.41, 5.74) is 2.31. The Morgan fingerprint density at radius 2 is 1.74 bits per heavy atom. The molecule has 0 aliphatic carbocycles. The van der Waals surface area contributed by atoms with Crippen molar-refractivity contribution in [2.45, 2.75) is 45.6 Å². The molecular formula is C31H40N2O6. The Labute approximate surface area is 231 Å². The number of carbonyl (C=O) groups excluding carboxylic acids is 2. The minimum absolute atomic E-state index is 0.0916. The first-order chi connectivity index (χ1) is 18.9. The number of morpholine rings is 1. The Morgan fingerprint density at radius 1 is 1.00 bits per heavy atom. The molecule has 0 bridgehead atoms. The van der Waals surface area contributed by atoms with Crippen molar-refractivity contribution < 1.29 is 28.9 Å². The maximum absolute atomic E-state index is 13.4. The molecule has 2 aromatic rings. The third kappa shape index (κ3) is 6.81. The van der Waals surface area contributed by atoms with Gasteiger partial charge in [0, 0.05) is 31.7 Å². The highest BCUT2D eigenvalue weighted by Crippen LogP contribution is 2.42. The number of hydrogen-bond acceptors (Lipinski definition) is 7. The lowest BCUT2D eigenvalue weighted by atomic mass is 9.94. The van der Waals surface area contributed by atoms with E-state index in [2.05, 4.69) is 11.8 Å². The molecule has 0 radical (unpaired) electrons. The molecule has 8 heteroatoms. The molecule has 2 saturated heterocycles. The van der Waals surface area contributed by atoms with Gasteiger partial charge in [0.15, 0.2) is 11.5 Å². The lowest BCUT2D eigenvalue weighted by Crippen LogP contribution is -2.39. The van der Waals surface area contributed by atoms with Gasteiger partial charge in [0.05, 0.1) is 38.5 Å². The first-order valence-electron chi connectivity index (χ1n) is 13.9. The predicted octanol–water partition coefficient (Wildman–Crippen LogP) is 4.72. The number of nitrogens with zero attached hydrogens (tertiary/aromatic N) is 2. The maximum atomic E-state index is 13.4. The van der Waals surface area contributed by atoms with Crippen LogP contribution >= 0.6 is 0 Å². The molecule has 2 fully saturated rings. The number of likely N-dealkylation sites (tertiary alicyclic amines) is 1. The van der Waals surface area contributed by atoms with Gasteiger partial charge in [0.2, 0.25) is 0 Å². The number of rotatable bonds is 12. The quantitative estimate of drug-likeness (QED) is 0.182. The number of ether oxygens (including phenoxy) is 3. The van der Waals surface area contributed by atoms with Gasteiger partial charge < -0.3 is 24.2 Å². The molecule has 0 spiro atoms. The van der Waals surface area contributed by atoms with Gasteiger partial charge in [-0.2, -0.15) is 0 Å². The van der Waals surface area contributed by atoms with E-state index in [1.165, 1.54) is 0 Å². The van der Waals surface area contributed by atoms with Crippen molar-refractivity contribution in [2.24, 2.45) is 0 Å². The second-order valence-electron chi connectivity index (χ2n) is 10.1. The van der Waals surface area contributed by atoms with Crippen LogP contribution in [0, 0.1) is 6.92 Å². The SMILES string of the molecule is CCCCCOc1ccc(C2C(=C(O)c3ccc(C)cc3)C(=O)C(=O)N2CCCN2CCOCC2)cc1OC. The molecule has 2 aliphatic rings. The van der Waals surface area contributed by atoms with Gasteiger partial charge in [-0.3, -0.25) is 14.5 Å². The fourth-order valence-corrected chi connectivity index (χ4v) is 5.12. The minimum Gasteiger partial charge on any atom is -0.507 e. The number of amides is 1. The summed E-state index contributed by atoms with van der Waals surface area (Å²) >= 11 is 0. The smallest absolute Gasteiger partial charge is 0.295 e. The van der Waals surface area contributed by atoms with Crippen LogP contribution in [0.3, 0.4) is 0 Å². The van der Waals surface area contributed by atoms with Gasteiger partial charge in [0.1, 0.15) is 5.76 Å². The molecule has 8 nitrogen and oxygen atoms in total. The Hall–Kier alpha value is -3.36. The van der Waals surface area contributed by atoms with Crippen molar-refractivity contribution in [3.05, 3.63) is 64.7 Å². The number of unbranched alkanes of at least 4 members (excludes halogenated alkanes) is 2. The van der Waals surface area contributed by atoms with E-state index in [0.29, 0.717) is 55.4 Å². The third-order valence-electron chi connectivity index (χ3n) is 7.35. The highest BCUT2D eigenvalue weighted by Gasteiger charge is 2.46. The lowest BCUT2D eigenvalue weighted by molar-refractivity contribution is -0.140. The molecule has 1 amide bonds. The molecule has 39 heavy (non-hydrogen) atoms. The number of benzene rings is 2. The maximum Gasteiger partial charge on any atom is 0.295 e. The van der Waals surface area contributed by atoms with E-state index in [4.69, 9.17) is 14.2 Å². The zero-order valence-corrected chi connectivity index (χ0v) is 23.3. The molecule has 4 rings (SSSR count). The molecule has 0 aromatic heterocycles. The van der Waals surface area contributed by atoms with Gasteiger partial charge >= 0.3 is 0 Å². The fraction of sp³-hybridized carbons (Fsp3) is 0.484. The van der Waals surface area contributed by atoms with Crippen molar-refractivity contribution in [3.8, 4) is 11.5 Å². The Bertz CT molecular complexity index is 1170. The number of ketones is 1. The van der Waals surface area contributed by atoms with E-state index >= 15 is 0 Å². The molecule has 2 aromatic carbocycles. The van der Waals surface area contributed by atoms with Crippen LogP contribution in [0.1, 0.15) is 55.3 Å². The van der Waals surface area contributed by atoms with Crippen molar-refractivity contribution in [1.29, 1.82) is 0 Å².